The highest BCUT2D eigenvalue weighted by atomic mass is 14.1. The highest BCUT2D eigenvalue weighted by Crippen LogP contribution is 2.26. The molecule has 0 radical (unpaired) electrons. The number of allylic oxidation sites excluding steroid dienone is 3. The lowest BCUT2D eigenvalue weighted by Crippen LogP contribution is -1.93. The van der Waals surface area contributed by atoms with Crippen LogP contribution in [-0.4, -0.2) is 0 Å². The Morgan fingerprint density at radius 2 is 1.65 bits per heavy atom. The highest BCUT2D eigenvalue weighted by molar-refractivity contribution is 5.68. The minimum absolute atomic E-state index is 1.14. The second-order valence-electron chi connectivity index (χ2n) is 5.37. The molecule has 2 rings (SSSR count). The minimum atomic E-state index is 1.14. The monoisotopic (exact) mass is 306 g/mol. The van der Waals surface area contributed by atoms with Crippen molar-refractivity contribution in [3.8, 4) is 11.1 Å². The fourth-order valence-electron chi connectivity index (χ4n) is 2.65. The maximum Gasteiger partial charge on any atom is -0.0152 e. The van der Waals surface area contributed by atoms with Crippen LogP contribution >= 0.6 is 0 Å². The molecule has 0 fully saturated rings. The summed E-state index contributed by atoms with van der Waals surface area (Å²) in [5, 5.41) is 0. The molecule has 0 N–H and O–H groups in total. The van der Waals surface area contributed by atoms with Gasteiger partial charge in [0, 0.05) is 0 Å². The van der Waals surface area contributed by atoms with Crippen molar-refractivity contribution in [2.75, 3.05) is 0 Å². The van der Waals surface area contributed by atoms with E-state index in [-0.39, 0.29) is 0 Å². The first-order valence-corrected chi connectivity index (χ1v) is 8.74. The Morgan fingerprint density at radius 1 is 0.913 bits per heavy atom. The number of rotatable bonds is 7. The maximum absolute atomic E-state index is 3.69. The molecule has 0 aromatic heterocycles. The van der Waals surface area contributed by atoms with E-state index in [4.69, 9.17) is 0 Å². The van der Waals surface area contributed by atoms with Gasteiger partial charge in [-0.1, -0.05) is 87.2 Å². The number of aryl methyl sites for hydroxylation is 1. The van der Waals surface area contributed by atoms with Gasteiger partial charge in [0.25, 0.3) is 0 Å². The normalized spacial score (nSPS) is 10.2. The van der Waals surface area contributed by atoms with Gasteiger partial charge in [0.2, 0.25) is 0 Å². The van der Waals surface area contributed by atoms with Crippen LogP contribution in [0.25, 0.3) is 11.1 Å². The molecule has 2 aromatic rings. The van der Waals surface area contributed by atoms with E-state index in [1.165, 1.54) is 35.1 Å². The van der Waals surface area contributed by atoms with Crippen LogP contribution in [0.5, 0.6) is 0 Å². The van der Waals surface area contributed by atoms with E-state index < -0.39 is 0 Å². The summed E-state index contributed by atoms with van der Waals surface area (Å²) in [6, 6.07) is 17.3. The molecule has 0 aliphatic carbocycles. The number of unbranched alkanes of at least 4 members (excludes halogenated alkanes) is 2. The van der Waals surface area contributed by atoms with Crippen LogP contribution in [-0.2, 0) is 6.42 Å². The SMILES string of the molecule is C=C/C=C\CCCCc1cccc(-c2ccccc2)c1C.CC. The molecule has 0 aliphatic heterocycles. The van der Waals surface area contributed by atoms with E-state index >= 15 is 0 Å². The molecule has 0 heterocycles. The van der Waals surface area contributed by atoms with Gasteiger partial charge in [-0.05, 0) is 54.9 Å². The van der Waals surface area contributed by atoms with Crippen LogP contribution < -0.4 is 0 Å². The number of hydrogen-bond donors (Lipinski definition) is 0. The van der Waals surface area contributed by atoms with Crippen molar-refractivity contribution in [2.45, 2.75) is 46.5 Å². The Hall–Kier alpha value is -2.08. The van der Waals surface area contributed by atoms with E-state index in [0.717, 1.165) is 12.8 Å². The summed E-state index contributed by atoms with van der Waals surface area (Å²) in [6.07, 6.45) is 10.8. The Labute approximate surface area is 142 Å². The summed E-state index contributed by atoms with van der Waals surface area (Å²) in [7, 11) is 0. The molecular weight excluding hydrogens is 276 g/mol. The van der Waals surface area contributed by atoms with Gasteiger partial charge in [0.15, 0.2) is 0 Å². The fraction of sp³-hybridized carbons (Fsp3) is 0.304. The first kappa shape index (κ1) is 19.0. The largest absolute Gasteiger partial charge is 0.0991 e. The molecule has 0 spiro atoms. The van der Waals surface area contributed by atoms with Gasteiger partial charge in [-0.3, -0.25) is 0 Å². The lowest BCUT2D eigenvalue weighted by molar-refractivity contribution is 0.745. The third-order valence-electron chi connectivity index (χ3n) is 3.87. The molecule has 0 unspecified atom stereocenters. The van der Waals surface area contributed by atoms with Crippen LogP contribution in [0.3, 0.4) is 0 Å². The first-order valence-electron chi connectivity index (χ1n) is 8.74. The van der Waals surface area contributed by atoms with Crippen molar-refractivity contribution in [2.24, 2.45) is 0 Å². The van der Waals surface area contributed by atoms with Gasteiger partial charge in [-0.25, -0.2) is 0 Å². The summed E-state index contributed by atoms with van der Waals surface area (Å²) >= 11 is 0. The Bertz CT molecular complexity index is 591. The van der Waals surface area contributed by atoms with Crippen molar-refractivity contribution in [3.63, 3.8) is 0 Å². The average Bonchev–Trinajstić information content (AvgIpc) is 2.62. The Balaban J connectivity index is 0.00000127. The molecule has 0 aliphatic rings. The molecule has 0 saturated heterocycles. The van der Waals surface area contributed by atoms with E-state index in [9.17, 15) is 0 Å². The van der Waals surface area contributed by atoms with Crippen molar-refractivity contribution in [1.29, 1.82) is 0 Å². The van der Waals surface area contributed by atoms with Crippen LogP contribution in [0.2, 0.25) is 0 Å². The summed E-state index contributed by atoms with van der Waals surface area (Å²) < 4.78 is 0. The van der Waals surface area contributed by atoms with Crippen LogP contribution in [0.1, 0.15) is 44.2 Å². The van der Waals surface area contributed by atoms with Crippen LogP contribution in [0.4, 0.5) is 0 Å². The van der Waals surface area contributed by atoms with E-state index in [0.29, 0.717) is 0 Å². The van der Waals surface area contributed by atoms with Gasteiger partial charge in [-0.2, -0.15) is 0 Å². The lowest BCUT2D eigenvalue weighted by Gasteiger charge is -2.11. The smallest absolute Gasteiger partial charge is 0.0152 e. The minimum Gasteiger partial charge on any atom is -0.0991 e. The molecule has 0 atom stereocenters. The van der Waals surface area contributed by atoms with Crippen molar-refractivity contribution in [1.82, 2.24) is 0 Å². The zero-order valence-corrected chi connectivity index (χ0v) is 14.9. The third-order valence-corrected chi connectivity index (χ3v) is 3.87. The second-order valence-corrected chi connectivity index (χ2v) is 5.37. The van der Waals surface area contributed by atoms with Crippen LogP contribution in [0.15, 0.2) is 73.3 Å². The Morgan fingerprint density at radius 3 is 2.35 bits per heavy atom. The van der Waals surface area contributed by atoms with Gasteiger partial charge in [0.1, 0.15) is 0 Å². The van der Waals surface area contributed by atoms with E-state index in [1.807, 2.05) is 26.0 Å². The molecule has 23 heavy (non-hydrogen) atoms. The standard InChI is InChI=1S/C21H24.C2H6/c1-3-4-5-6-7-9-13-19-16-12-17-21(18(19)2)20-14-10-8-11-15-20;1-2/h3-5,8,10-12,14-17H,1,6-7,9,13H2,2H3;1-2H3/b5-4-;. The lowest BCUT2D eigenvalue weighted by atomic mass is 9.94. The molecule has 0 amide bonds. The summed E-state index contributed by atoms with van der Waals surface area (Å²) in [6.45, 7) is 9.93. The van der Waals surface area contributed by atoms with Crippen molar-refractivity contribution in [3.05, 3.63) is 84.5 Å². The Kier molecular flexibility index (Phi) is 9.47. The second kappa shape index (κ2) is 11.5. The molecule has 0 bridgehead atoms. The molecule has 0 nitrogen and oxygen atoms in total. The summed E-state index contributed by atoms with van der Waals surface area (Å²) in [5.74, 6) is 0. The van der Waals surface area contributed by atoms with Crippen molar-refractivity contribution < 1.29 is 0 Å². The third kappa shape index (κ3) is 6.28. The first-order chi connectivity index (χ1) is 11.3. The van der Waals surface area contributed by atoms with E-state index in [2.05, 4.69) is 68.1 Å². The zero-order valence-electron chi connectivity index (χ0n) is 14.9. The molecular formula is C23H30. The van der Waals surface area contributed by atoms with E-state index in [1.54, 1.807) is 0 Å². The topological polar surface area (TPSA) is 0 Å². The summed E-state index contributed by atoms with van der Waals surface area (Å²) in [4.78, 5) is 0. The number of benzene rings is 2. The van der Waals surface area contributed by atoms with Gasteiger partial charge in [-0.15, -0.1) is 0 Å². The van der Waals surface area contributed by atoms with Gasteiger partial charge < -0.3 is 0 Å². The highest BCUT2D eigenvalue weighted by Gasteiger charge is 2.05. The molecule has 2 aromatic carbocycles. The van der Waals surface area contributed by atoms with Crippen molar-refractivity contribution >= 4 is 0 Å². The van der Waals surface area contributed by atoms with Crippen LogP contribution in [0, 0.1) is 6.92 Å². The maximum atomic E-state index is 3.69. The predicted molar refractivity (Wildman–Crippen MR) is 105 cm³/mol. The molecule has 0 heteroatoms. The predicted octanol–water partition coefficient (Wildman–Crippen LogP) is 7.14. The molecule has 122 valence electrons. The number of hydrogen-bond acceptors (Lipinski definition) is 0. The summed E-state index contributed by atoms with van der Waals surface area (Å²) in [5.41, 5.74) is 5.57. The fourth-order valence-corrected chi connectivity index (χ4v) is 2.65. The quantitative estimate of drug-likeness (QED) is 0.376. The van der Waals surface area contributed by atoms with Gasteiger partial charge in [0.05, 0.1) is 0 Å². The average molecular weight is 306 g/mol. The zero-order chi connectivity index (χ0) is 16.9. The van der Waals surface area contributed by atoms with Gasteiger partial charge >= 0.3 is 0 Å². The molecule has 0 saturated carbocycles.